The molecule has 6 nitrogen and oxygen atoms in total. The van der Waals surface area contributed by atoms with Gasteiger partial charge in [-0.05, 0) is 31.5 Å². The second-order valence-electron chi connectivity index (χ2n) is 4.42. The van der Waals surface area contributed by atoms with Crippen molar-refractivity contribution in [3.63, 3.8) is 0 Å². The predicted octanol–water partition coefficient (Wildman–Crippen LogP) is 3.25. The van der Waals surface area contributed by atoms with E-state index in [4.69, 9.17) is 4.74 Å². The van der Waals surface area contributed by atoms with Crippen LogP contribution in [-0.2, 0) is 0 Å². The first-order valence-electron chi connectivity index (χ1n) is 6.68. The topological polar surface area (TPSA) is 72.0 Å². The highest BCUT2D eigenvalue weighted by atomic mass is 79.9. The van der Waals surface area contributed by atoms with E-state index < -0.39 is 0 Å². The lowest BCUT2D eigenvalue weighted by Crippen LogP contribution is -2.12. The van der Waals surface area contributed by atoms with Crippen LogP contribution in [0.2, 0.25) is 0 Å². The van der Waals surface area contributed by atoms with Crippen LogP contribution in [0, 0.1) is 0 Å². The van der Waals surface area contributed by atoms with E-state index in [1.54, 1.807) is 0 Å². The number of benzene rings is 1. The second-order valence-corrected chi connectivity index (χ2v) is 5.33. The smallest absolute Gasteiger partial charge is 0.322 e. The Bertz CT molecular complexity index is 590. The quantitative estimate of drug-likeness (QED) is 0.832. The van der Waals surface area contributed by atoms with Crippen molar-refractivity contribution in [2.24, 2.45) is 0 Å². The lowest BCUT2D eigenvalue weighted by molar-refractivity contribution is 0.379. The Morgan fingerprint density at radius 1 is 1.14 bits per heavy atom. The van der Waals surface area contributed by atoms with Crippen LogP contribution >= 0.6 is 15.9 Å². The van der Waals surface area contributed by atoms with Gasteiger partial charge in [0, 0.05) is 11.0 Å². The fourth-order valence-electron chi connectivity index (χ4n) is 1.78. The summed E-state index contributed by atoms with van der Waals surface area (Å²) in [6, 6.07) is 8.46. The van der Waals surface area contributed by atoms with Crippen LogP contribution in [0.3, 0.4) is 0 Å². The van der Waals surface area contributed by atoms with Crippen LogP contribution in [0.25, 0.3) is 0 Å². The van der Waals surface area contributed by atoms with E-state index in [9.17, 15) is 0 Å². The predicted molar refractivity (Wildman–Crippen MR) is 86.7 cm³/mol. The van der Waals surface area contributed by atoms with Gasteiger partial charge in [-0.25, -0.2) is 0 Å². The van der Waals surface area contributed by atoms with E-state index in [1.165, 1.54) is 7.11 Å². The number of halogens is 1. The number of hydrogen-bond donors (Lipinski definition) is 2. The molecule has 0 aliphatic carbocycles. The summed E-state index contributed by atoms with van der Waals surface area (Å²) in [5, 5.41) is 6.31. The summed E-state index contributed by atoms with van der Waals surface area (Å²) in [4.78, 5) is 12.7. The van der Waals surface area contributed by atoms with Crippen LogP contribution in [-0.4, -0.2) is 28.6 Å². The minimum Gasteiger partial charge on any atom is -0.467 e. The van der Waals surface area contributed by atoms with Crippen LogP contribution in [0.15, 0.2) is 28.7 Å². The van der Waals surface area contributed by atoms with Gasteiger partial charge in [0.25, 0.3) is 0 Å². The fourth-order valence-corrected chi connectivity index (χ4v) is 2.04. The lowest BCUT2D eigenvalue weighted by Gasteiger charge is -2.15. The number of nitrogens with one attached hydrogen (secondary N) is 2. The van der Waals surface area contributed by atoms with E-state index in [-0.39, 0.29) is 12.1 Å². The number of nitrogens with zero attached hydrogens (tertiary/aromatic N) is 3. The first-order chi connectivity index (χ1) is 10.1. The van der Waals surface area contributed by atoms with Crippen LogP contribution in [0.5, 0.6) is 6.01 Å². The molecule has 1 aromatic heterocycles. The van der Waals surface area contributed by atoms with Crippen LogP contribution in [0.4, 0.5) is 11.9 Å². The molecule has 2 rings (SSSR count). The molecule has 0 bridgehead atoms. The second kappa shape index (κ2) is 7.21. The minimum absolute atomic E-state index is 0.0692. The molecule has 0 fully saturated rings. The van der Waals surface area contributed by atoms with Gasteiger partial charge in [-0.1, -0.05) is 28.1 Å². The maximum absolute atomic E-state index is 5.10. The van der Waals surface area contributed by atoms with Crippen molar-refractivity contribution < 1.29 is 4.74 Å². The largest absolute Gasteiger partial charge is 0.467 e. The van der Waals surface area contributed by atoms with Gasteiger partial charge in [-0.2, -0.15) is 15.0 Å². The summed E-state index contributed by atoms with van der Waals surface area (Å²) in [5.74, 6) is 0.975. The van der Waals surface area contributed by atoms with E-state index in [2.05, 4.69) is 41.5 Å². The maximum Gasteiger partial charge on any atom is 0.322 e. The third-order valence-corrected chi connectivity index (χ3v) is 3.38. The van der Waals surface area contributed by atoms with Crippen molar-refractivity contribution in [2.75, 3.05) is 24.3 Å². The Morgan fingerprint density at radius 3 is 2.43 bits per heavy atom. The van der Waals surface area contributed by atoms with Gasteiger partial charge in [-0.15, -0.1) is 0 Å². The molecule has 2 aromatic rings. The van der Waals surface area contributed by atoms with Gasteiger partial charge >= 0.3 is 6.01 Å². The van der Waals surface area contributed by atoms with E-state index in [1.807, 2.05) is 38.1 Å². The Kier molecular flexibility index (Phi) is 5.32. The number of aromatic nitrogens is 3. The molecule has 0 saturated carbocycles. The molecule has 1 atom stereocenters. The molecule has 0 saturated heterocycles. The van der Waals surface area contributed by atoms with Crippen molar-refractivity contribution >= 4 is 27.8 Å². The first kappa shape index (κ1) is 15.5. The Hall–Kier alpha value is -1.89. The van der Waals surface area contributed by atoms with Crippen molar-refractivity contribution in [1.29, 1.82) is 0 Å². The summed E-state index contributed by atoms with van der Waals surface area (Å²) in [5.41, 5.74) is 1.14. The van der Waals surface area contributed by atoms with Gasteiger partial charge in [0.1, 0.15) is 0 Å². The van der Waals surface area contributed by atoms with Crippen LogP contribution < -0.4 is 15.4 Å². The Morgan fingerprint density at radius 2 is 1.81 bits per heavy atom. The molecule has 2 N–H and O–H groups in total. The maximum atomic E-state index is 5.10. The Labute approximate surface area is 132 Å². The normalized spacial score (nSPS) is 11.8. The summed E-state index contributed by atoms with van der Waals surface area (Å²) < 4.78 is 6.15. The average molecular weight is 352 g/mol. The molecule has 0 radical (unpaired) electrons. The highest BCUT2D eigenvalue weighted by Crippen LogP contribution is 2.20. The highest BCUT2D eigenvalue weighted by molar-refractivity contribution is 9.10. The zero-order valence-corrected chi connectivity index (χ0v) is 13.8. The van der Waals surface area contributed by atoms with Crippen molar-refractivity contribution in [2.45, 2.75) is 19.9 Å². The average Bonchev–Trinajstić information content (AvgIpc) is 2.48. The standard InChI is InChI=1S/C14H18BrN5O/c1-4-16-12-18-13(20-14(19-12)21-3)17-9(2)10-5-7-11(15)8-6-10/h5-9H,4H2,1-3H3,(H2,16,17,18,19,20). The molecule has 0 aliphatic heterocycles. The number of rotatable bonds is 6. The number of anilines is 2. The van der Waals surface area contributed by atoms with Crippen molar-refractivity contribution in [3.05, 3.63) is 34.3 Å². The lowest BCUT2D eigenvalue weighted by atomic mass is 10.1. The van der Waals surface area contributed by atoms with Gasteiger partial charge in [0.15, 0.2) is 0 Å². The van der Waals surface area contributed by atoms with E-state index in [0.29, 0.717) is 11.9 Å². The Balaban J connectivity index is 2.17. The van der Waals surface area contributed by atoms with Gasteiger partial charge in [0.2, 0.25) is 11.9 Å². The molecule has 0 spiro atoms. The van der Waals surface area contributed by atoms with E-state index in [0.717, 1.165) is 16.6 Å². The van der Waals surface area contributed by atoms with E-state index >= 15 is 0 Å². The summed E-state index contributed by atoms with van der Waals surface area (Å²) in [6.45, 7) is 4.76. The number of methoxy groups -OCH3 is 1. The molecular weight excluding hydrogens is 334 g/mol. The third kappa shape index (κ3) is 4.29. The molecule has 112 valence electrons. The number of ether oxygens (including phenoxy) is 1. The molecule has 0 amide bonds. The van der Waals surface area contributed by atoms with Gasteiger partial charge < -0.3 is 15.4 Å². The van der Waals surface area contributed by atoms with Crippen LogP contribution in [0.1, 0.15) is 25.5 Å². The van der Waals surface area contributed by atoms with Crippen molar-refractivity contribution in [1.82, 2.24) is 15.0 Å². The summed E-state index contributed by atoms with van der Waals surface area (Å²) in [7, 11) is 1.53. The van der Waals surface area contributed by atoms with Gasteiger partial charge in [0.05, 0.1) is 13.2 Å². The number of hydrogen-bond acceptors (Lipinski definition) is 6. The highest BCUT2D eigenvalue weighted by Gasteiger charge is 2.10. The molecule has 1 aromatic carbocycles. The minimum atomic E-state index is 0.0692. The van der Waals surface area contributed by atoms with Crippen molar-refractivity contribution in [3.8, 4) is 6.01 Å². The zero-order valence-electron chi connectivity index (χ0n) is 12.2. The summed E-state index contributed by atoms with van der Waals surface area (Å²) in [6.07, 6.45) is 0. The molecule has 21 heavy (non-hydrogen) atoms. The molecule has 7 heteroatoms. The molecule has 0 aliphatic rings. The zero-order chi connectivity index (χ0) is 15.2. The molecular formula is C14H18BrN5O. The monoisotopic (exact) mass is 351 g/mol. The summed E-state index contributed by atoms with van der Waals surface area (Å²) >= 11 is 3.43. The molecule has 1 unspecified atom stereocenters. The third-order valence-electron chi connectivity index (χ3n) is 2.85. The molecule has 1 heterocycles. The first-order valence-corrected chi connectivity index (χ1v) is 7.47. The van der Waals surface area contributed by atoms with Gasteiger partial charge in [-0.3, -0.25) is 0 Å². The SMILES string of the molecule is CCNc1nc(NC(C)c2ccc(Br)cc2)nc(OC)n1. The fraction of sp³-hybridized carbons (Fsp3) is 0.357.